The molecule has 19 heavy (non-hydrogen) atoms. The molecule has 0 aliphatic heterocycles. The Kier molecular flexibility index (Phi) is 3.15. The maximum Gasteiger partial charge on any atom is 0.335 e. The molecular weight excluding hydrogens is 250 g/mol. The third kappa shape index (κ3) is 2.52. The zero-order valence-corrected chi connectivity index (χ0v) is 9.61. The van der Waals surface area contributed by atoms with Crippen molar-refractivity contribution in [3.63, 3.8) is 0 Å². The molecule has 2 aromatic rings. The normalized spacial score (nSPS) is 10.1. The second-order valence-electron chi connectivity index (χ2n) is 3.84. The largest absolute Gasteiger partial charge is 0.508 e. The molecule has 0 atom stereocenters. The Morgan fingerprint density at radius 1 is 1.11 bits per heavy atom. The Bertz CT molecular complexity index is 649. The molecule has 2 aromatic carbocycles. The van der Waals surface area contributed by atoms with Crippen molar-refractivity contribution < 1.29 is 19.9 Å². The number of aromatic carboxylic acids is 1. The van der Waals surface area contributed by atoms with Gasteiger partial charge in [-0.25, -0.2) is 4.79 Å². The quantitative estimate of drug-likeness (QED) is 0.651. The van der Waals surface area contributed by atoms with Crippen LogP contribution in [0, 0.1) is 10.1 Å². The first-order valence-corrected chi connectivity index (χ1v) is 5.30. The molecule has 0 saturated heterocycles. The number of rotatable bonds is 3. The van der Waals surface area contributed by atoms with E-state index < -0.39 is 10.9 Å². The molecule has 0 fully saturated rings. The Morgan fingerprint density at radius 2 is 1.74 bits per heavy atom. The van der Waals surface area contributed by atoms with E-state index in [2.05, 4.69) is 0 Å². The van der Waals surface area contributed by atoms with Crippen molar-refractivity contribution in [3.05, 3.63) is 58.1 Å². The van der Waals surface area contributed by atoms with Gasteiger partial charge in [0.1, 0.15) is 5.75 Å². The summed E-state index contributed by atoms with van der Waals surface area (Å²) in [5.74, 6) is -1.26. The molecule has 0 aliphatic carbocycles. The van der Waals surface area contributed by atoms with Gasteiger partial charge in [-0.15, -0.1) is 0 Å². The number of carboxylic acids is 1. The van der Waals surface area contributed by atoms with E-state index in [0.717, 1.165) is 6.07 Å². The fourth-order valence-corrected chi connectivity index (χ4v) is 1.71. The van der Waals surface area contributed by atoms with Crippen LogP contribution in [0.4, 0.5) is 5.69 Å². The molecule has 0 heterocycles. The van der Waals surface area contributed by atoms with Crippen LogP contribution in [-0.4, -0.2) is 21.1 Å². The molecule has 96 valence electrons. The van der Waals surface area contributed by atoms with Crippen molar-refractivity contribution in [2.45, 2.75) is 0 Å². The molecule has 0 saturated carbocycles. The Labute approximate surface area is 107 Å². The second kappa shape index (κ2) is 4.77. The molecule has 0 aromatic heterocycles. The first kappa shape index (κ1) is 12.6. The third-order valence-electron chi connectivity index (χ3n) is 2.62. The van der Waals surface area contributed by atoms with E-state index in [1.54, 1.807) is 0 Å². The SMILES string of the molecule is O=C(O)c1ccc(-c2ccc(O)cc2[N+](=O)[O-])cc1. The number of hydrogen-bond donors (Lipinski definition) is 2. The highest BCUT2D eigenvalue weighted by atomic mass is 16.6. The van der Waals surface area contributed by atoms with Crippen LogP contribution in [0.3, 0.4) is 0 Å². The number of benzene rings is 2. The highest BCUT2D eigenvalue weighted by Gasteiger charge is 2.16. The van der Waals surface area contributed by atoms with Gasteiger partial charge in [-0.2, -0.15) is 0 Å². The fourth-order valence-electron chi connectivity index (χ4n) is 1.71. The molecular formula is C13H9NO5. The summed E-state index contributed by atoms with van der Waals surface area (Å²) in [5.41, 5.74) is 0.699. The minimum Gasteiger partial charge on any atom is -0.508 e. The van der Waals surface area contributed by atoms with Gasteiger partial charge in [0.25, 0.3) is 5.69 Å². The van der Waals surface area contributed by atoms with E-state index in [-0.39, 0.29) is 17.0 Å². The number of nitro groups is 1. The number of nitrogens with zero attached hydrogens (tertiary/aromatic N) is 1. The smallest absolute Gasteiger partial charge is 0.335 e. The lowest BCUT2D eigenvalue weighted by atomic mass is 10.0. The molecule has 0 unspecified atom stereocenters. The van der Waals surface area contributed by atoms with Crippen LogP contribution in [0.1, 0.15) is 10.4 Å². The zero-order valence-electron chi connectivity index (χ0n) is 9.61. The third-order valence-corrected chi connectivity index (χ3v) is 2.62. The summed E-state index contributed by atoms with van der Waals surface area (Å²) < 4.78 is 0. The van der Waals surface area contributed by atoms with Crippen LogP contribution in [-0.2, 0) is 0 Å². The first-order valence-electron chi connectivity index (χ1n) is 5.30. The summed E-state index contributed by atoms with van der Waals surface area (Å²) in [7, 11) is 0. The minimum absolute atomic E-state index is 0.102. The lowest BCUT2D eigenvalue weighted by Gasteiger charge is -2.04. The van der Waals surface area contributed by atoms with Crippen molar-refractivity contribution in [2.75, 3.05) is 0 Å². The summed E-state index contributed by atoms with van der Waals surface area (Å²) in [4.78, 5) is 21.1. The topological polar surface area (TPSA) is 101 Å². The standard InChI is InChI=1S/C13H9NO5/c15-10-5-6-11(12(7-10)14(18)19)8-1-3-9(4-2-8)13(16)17/h1-7,15H,(H,16,17). The number of hydrogen-bond acceptors (Lipinski definition) is 4. The van der Waals surface area contributed by atoms with Gasteiger partial charge >= 0.3 is 5.97 Å². The van der Waals surface area contributed by atoms with Gasteiger partial charge in [0.05, 0.1) is 22.1 Å². The number of phenolic OH excluding ortho intramolecular Hbond substituents is 1. The van der Waals surface area contributed by atoms with Crippen molar-refractivity contribution in [2.24, 2.45) is 0 Å². The van der Waals surface area contributed by atoms with Gasteiger partial charge < -0.3 is 10.2 Å². The van der Waals surface area contributed by atoms with Crippen LogP contribution in [0.2, 0.25) is 0 Å². The van der Waals surface area contributed by atoms with Crippen molar-refractivity contribution in [1.82, 2.24) is 0 Å². The monoisotopic (exact) mass is 259 g/mol. The average Bonchev–Trinajstić information content (AvgIpc) is 2.38. The van der Waals surface area contributed by atoms with Crippen LogP contribution >= 0.6 is 0 Å². The van der Waals surface area contributed by atoms with E-state index in [0.29, 0.717) is 11.1 Å². The molecule has 0 amide bonds. The summed E-state index contributed by atoms with van der Waals surface area (Å²) in [6, 6.07) is 9.53. The van der Waals surface area contributed by atoms with Crippen LogP contribution in [0.5, 0.6) is 5.75 Å². The van der Waals surface area contributed by atoms with E-state index >= 15 is 0 Å². The number of aromatic hydroxyl groups is 1. The number of carboxylic acid groups (broad SMARTS) is 1. The van der Waals surface area contributed by atoms with Gasteiger partial charge in [0.2, 0.25) is 0 Å². The molecule has 0 spiro atoms. The van der Waals surface area contributed by atoms with Crippen molar-refractivity contribution in [3.8, 4) is 16.9 Å². The predicted octanol–water partition coefficient (Wildman–Crippen LogP) is 2.67. The fraction of sp³-hybridized carbons (Fsp3) is 0. The van der Waals surface area contributed by atoms with E-state index in [1.807, 2.05) is 0 Å². The van der Waals surface area contributed by atoms with Crippen LogP contribution in [0.15, 0.2) is 42.5 Å². The van der Waals surface area contributed by atoms with Gasteiger partial charge in [-0.1, -0.05) is 12.1 Å². The molecule has 2 rings (SSSR count). The van der Waals surface area contributed by atoms with Gasteiger partial charge in [0.15, 0.2) is 0 Å². The summed E-state index contributed by atoms with van der Waals surface area (Å²) in [5, 5.41) is 29.0. The maximum atomic E-state index is 10.9. The minimum atomic E-state index is -1.06. The Morgan fingerprint density at radius 3 is 2.26 bits per heavy atom. The molecule has 6 nitrogen and oxygen atoms in total. The van der Waals surface area contributed by atoms with Gasteiger partial charge in [0, 0.05) is 0 Å². The number of nitro benzene ring substituents is 1. The number of carbonyl (C=O) groups is 1. The molecule has 0 bridgehead atoms. The number of phenols is 1. The average molecular weight is 259 g/mol. The first-order chi connectivity index (χ1) is 8.99. The lowest BCUT2D eigenvalue weighted by molar-refractivity contribution is -0.384. The summed E-state index contributed by atoms with van der Waals surface area (Å²) >= 11 is 0. The lowest BCUT2D eigenvalue weighted by Crippen LogP contribution is -1.96. The maximum absolute atomic E-state index is 10.9. The van der Waals surface area contributed by atoms with Crippen LogP contribution in [0.25, 0.3) is 11.1 Å². The summed E-state index contributed by atoms with van der Waals surface area (Å²) in [6.45, 7) is 0. The molecule has 2 N–H and O–H groups in total. The van der Waals surface area contributed by atoms with Crippen molar-refractivity contribution >= 4 is 11.7 Å². The predicted molar refractivity (Wildman–Crippen MR) is 67.2 cm³/mol. The summed E-state index contributed by atoms with van der Waals surface area (Å²) in [6.07, 6.45) is 0. The van der Waals surface area contributed by atoms with Crippen LogP contribution < -0.4 is 0 Å². The molecule has 0 aliphatic rings. The van der Waals surface area contributed by atoms with Crippen molar-refractivity contribution in [1.29, 1.82) is 0 Å². The highest BCUT2D eigenvalue weighted by molar-refractivity contribution is 5.88. The van der Waals surface area contributed by atoms with Gasteiger partial charge in [-0.3, -0.25) is 10.1 Å². The van der Waals surface area contributed by atoms with Gasteiger partial charge in [-0.05, 0) is 29.8 Å². The molecule has 0 radical (unpaired) electrons. The zero-order chi connectivity index (χ0) is 14.0. The second-order valence-corrected chi connectivity index (χ2v) is 3.84. The van der Waals surface area contributed by atoms with E-state index in [1.165, 1.54) is 36.4 Å². The molecule has 6 heteroatoms. The Balaban J connectivity index is 2.52. The highest BCUT2D eigenvalue weighted by Crippen LogP contribution is 2.32. The van der Waals surface area contributed by atoms with E-state index in [4.69, 9.17) is 5.11 Å². The van der Waals surface area contributed by atoms with E-state index in [9.17, 15) is 20.0 Å². The Hall–Kier alpha value is -2.89.